The fourth-order valence-corrected chi connectivity index (χ4v) is 4.51. The number of halogens is 1. The number of aromatic nitrogens is 5. The first kappa shape index (κ1) is 24.6. The number of hydrogen-bond donors (Lipinski definition) is 2. The number of hydrogen-bond acceptors (Lipinski definition) is 8. The highest BCUT2D eigenvalue weighted by Crippen LogP contribution is 2.32. The second kappa shape index (κ2) is 10.4. The van der Waals surface area contributed by atoms with Gasteiger partial charge in [0.25, 0.3) is 0 Å². The summed E-state index contributed by atoms with van der Waals surface area (Å²) in [5.41, 5.74) is 5.07. The molecule has 3 aromatic heterocycles. The first-order chi connectivity index (χ1) is 16.8. The molecule has 0 saturated carbocycles. The van der Waals surface area contributed by atoms with Crippen LogP contribution in [0.15, 0.2) is 36.7 Å². The van der Waals surface area contributed by atoms with E-state index < -0.39 is 0 Å². The Morgan fingerprint density at radius 3 is 2.74 bits per heavy atom. The van der Waals surface area contributed by atoms with E-state index in [1.807, 2.05) is 51.4 Å². The van der Waals surface area contributed by atoms with Gasteiger partial charge in [0, 0.05) is 73.0 Å². The van der Waals surface area contributed by atoms with Crippen LogP contribution in [0.3, 0.4) is 0 Å². The summed E-state index contributed by atoms with van der Waals surface area (Å²) in [6.45, 7) is 6.40. The third-order valence-corrected chi connectivity index (χ3v) is 6.67. The number of nitrogens with one attached hydrogen (secondary N) is 1. The number of aliphatic hydroxyl groups excluding tert-OH is 1. The molecule has 1 saturated heterocycles. The number of aryl methyl sites for hydroxylation is 2. The fourth-order valence-electron chi connectivity index (χ4n) is 4.24. The van der Waals surface area contributed by atoms with Crippen molar-refractivity contribution < 1.29 is 14.7 Å². The molecule has 182 valence electrons. The lowest BCUT2D eigenvalue weighted by Gasteiger charge is -2.13. The van der Waals surface area contributed by atoms with E-state index in [0.717, 1.165) is 58.1 Å². The van der Waals surface area contributed by atoms with Gasteiger partial charge in [-0.1, -0.05) is 11.6 Å². The van der Waals surface area contributed by atoms with Crippen LogP contribution in [-0.4, -0.2) is 59.7 Å². The van der Waals surface area contributed by atoms with Crippen LogP contribution in [0.4, 0.5) is 11.6 Å². The Morgan fingerprint density at radius 2 is 2.03 bits per heavy atom. The maximum atomic E-state index is 9.78. The highest BCUT2D eigenvalue weighted by molar-refractivity contribution is 6.36. The molecule has 10 nitrogen and oxygen atoms in total. The molecule has 11 heteroatoms. The molecule has 0 bridgehead atoms. The van der Waals surface area contributed by atoms with Gasteiger partial charge in [-0.3, -0.25) is 4.90 Å². The van der Waals surface area contributed by atoms with Crippen LogP contribution in [0.5, 0.6) is 0 Å². The average molecular weight is 496 g/mol. The third-order valence-electron chi connectivity index (χ3n) is 6.19. The van der Waals surface area contributed by atoms with Crippen LogP contribution >= 0.6 is 11.6 Å². The lowest BCUT2D eigenvalue weighted by molar-refractivity contribution is -0.191. The van der Waals surface area contributed by atoms with E-state index in [0.29, 0.717) is 18.3 Å². The summed E-state index contributed by atoms with van der Waals surface area (Å²) in [6.07, 6.45) is 4.57. The largest absolute Gasteiger partial charge is 0.392 e. The van der Waals surface area contributed by atoms with Gasteiger partial charge >= 0.3 is 6.15 Å². The van der Waals surface area contributed by atoms with E-state index in [4.69, 9.17) is 21.2 Å². The van der Waals surface area contributed by atoms with Gasteiger partial charge in [0.1, 0.15) is 0 Å². The van der Waals surface area contributed by atoms with E-state index in [1.165, 1.54) is 0 Å². The number of likely N-dealkylation sites (tertiary alicyclic amines) is 1. The van der Waals surface area contributed by atoms with Crippen LogP contribution in [0.1, 0.15) is 23.4 Å². The van der Waals surface area contributed by atoms with E-state index in [1.54, 1.807) is 10.9 Å². The standard InChI is InChI=1S/C23H26ClN7O.CO2/c1-14-16(11-30-9-7-18(32)13-30)12-31(28-14)21-6-8-25-23(27-21)26-17-4-5-20-19(10-17)22(24)15(2)29(20)3;2-1-3/h4-6,8,10,12,18,32H,7,9,11,13H2,1-3H3,(H,25,26,27);/t18-;/m1./s1. The summed E-state index contributed by atoms with van der Waals surface area (Å²) < 4.78 is 3.86. The molecule has 4 aromatic rings. The third kappa shape index (κ3) is 5.26. The number of anilines is 2. The molecule has 35 heavy (non-hydrogen) atoms. The van der Waals surface area contributed by atoms with Gasteiger partial charge in [-0.15, -0.1) is 0 Å². The molecule has 0 radical (unpaired) electrons. The Balaban J connectivity index is 0.000000917. The summed E-state index contributed by atoms with van der Waals surface area (Å²) in [5.74, 6) is 1.18. The molecular weight excluding hydrogens is 470 g/mol. The van der Waals surface area contributed by atoms with Gasteiger partial charge < -0.3 is 15.0 Å². The van der Waals surface area contributed by atoms with Crippen LogP contribution in [-0.2, 0) is 23.2 Å². The van der Waals surface area contributed by atoms with Gasteiger partial charge in [0.15, 0.2) is 5.82 Å². The van der Waals surface area contributed by atoms with Crippen LogP contribution in [0, 0.1) is 13.8 Å². The summed E-state index contributed by atoms with van der Waals surface area (Å²) in [5, 5.41) is 19.4. The number of nitrogens with zero attached hydrogens (tertiary/aromatic N) is 6. The van der Waals surface area contributed by atoms with Crippen molar-refractivity contribution in [3.05, 3.63) is 58.6 Å². The summed E-state index contributed by atoms with van der Waals surface area (Å²) in [6, 6.07) is 7.89. The van der Waals surface area contributed by atoms with Crippen molar-refractivity contribution in [3.8, 4) is 5.82 Å². The van der Waals surface area contributed by atoms with Crippen molar-refractivity contribution in [2.75, 3.05) is 18.4 Å². The van der Waals surface area contributed by atoms with Crippen molar-refractivity contribution >= 4 is 40.3 Å². The zero-order chi connectivity index (χ0) is 25.1. The lowest BCUT2D eigenvalue weighted by Crippen LogP contribution is -2.21. The smallest absolute Gasteiger partial charge is 0.373 e. The minimum atomic E-state index is -0.227. The molecule has 1 aliphatic heterocycles. The Morgan fingerprint density at radius 1 is 1.26 bits per heavy atom. The SMILES string of the molecule is Cc1nn(-c2ccnc(Nc3ccc4c(c3)c(Cl)c(C)n4C)n2)cc1CN1CC[C@@H](O)C1.O=C=O. The molecule has 1 aromatic carbocycles. The number of aliphatic hydroxyl groups is 1. The number of rotatable bonds is 5. The Hall–Kier alpha value is -3.56. The molecule has 0 spiro atoms. The van der Waals surface area contributed by atoms with Crippen molar-refractivity contribution in [1.29, 1.82) is 0 Å². The number of benzene rings is 1. The van der Waals surface area contributed by atoms with Gasteiger partial charge in [-0.25, -0.2) is 9.67 Å². The zero-order valence-corrected chi connectivity index (χ0v) is 20.5. The molecule has 0 amide bonds. The van der Waals surface area contributed by atoms with Gasteiger partial charge in [0.05, 0.1) is 16.8 Å². The number of carbonyl (C=O) groups excluding carboxylic acids is 2. The fraction of sp³-hybridized carbons (Fsp3) is 0.333. The quantitative estimate of drug-likeness (QED) is 0.433. The van der Waals surface area contributed by atoms with Crippen LogP contribution in [0.25, 0.3) is 16.7 Å². The highest BCUT2D eigenvalue weighted by Gasteiger charge is 2.21. The van der Waals surface area contributed by atoms with Gasteiger partial charge in [0.2, 0.25) is 5.95 Å². The van der Waals surface area contributed by atoms with Crippen molar-refractivity contribution in [3.63, 3.8) is 0 Å². The molecule has 1 fully saturated rings. The topological polar surface area (TPSA) is 118 Å². The Labute approximate surface area is 207 Å². The molecule has 2 N–H and O–H groups in total. The van der Waals surface area contributed by atoms with Crippen LogP contribution in [0.2, 0.25) is 5.02 Å². The monoisotopic (exact) mass is 495 g/mol. The predicted octanol–water partition coefficient (Wildman–Crippen LogP) is 3.15. The van der Waals surface area contributed by atoms with Gasteiger partial charge in [-0.2, -0.15) is 19.7 Å². The predicted molar refractivity (Wildman–Crippen MR) is 131 cm³/mol. The minimum absolute atomic E-state index is 0.227. The second-order valence-corrected chi connectivity index (χ2v) is 8.88. The molecule has 1 aliphatic rings. The second-order valence-electron chi connectivity index (χ2n) is 8.50. The number of fused-ring (bicyclic) bond motifs is 1. The first-order valence-electron chi connectivity index (χ1n) is 11.1. The maximum absolute atomic E-state index is 9.78. The Kier molecular flexibility index (Phi) is 7.28. The summed E-state index contributed by atoms with van der Waals surface area (Å²) in [7, 11) is 2.01. The summed E-state index contributed by atoms with van der Waals surface area (Å²) >= 11 is 6.50. The highest BCUT2D eigenvalue weighted by atomic mass is 35.5. The number of β-amino-alcohol motifs (C(OH)–C–C–N with tert-alkyl or cyclic N) is 1. The van der Waals surface area contributed by atoms with E-state index in [2.05, 4.69) is 29.9 Å². The molecule has 5 rings (SSSR count). The van der Waals surface area contributed by atoms with E-state index >= 15 is 0 Å². The molecule has 0 aliphatic carbocycles. The molecule has 4 heterocycles. The van der Waals surface area contributed by atoms with Crippen molar-refractivity contribution in [1.82, 2.24) is 29.2 Å². The van der Waals surface area contributed by atoms with Crippen molar-refractivity contribution in [2.24, 2.45) is 7.05 Å². The first-order valence-corrected chi connectivity index (χ1v) is 11.5. The maximum Gasteiger partial charge on any atom is 0.373 e. The molecular formula is C24H26ClN7O3. The Bertz CT molecular complexity index is 1390. The summed E-state index contributed by atoms with van der Waals surface area (Å²) in [4.78, 5) is 27.5. The molecule has 1 atom stereocenters. The average Bonchev–Trinajstić information content (AvgIpc) is 3.48. The lowest BCUT2D eigenvalue weighted by atomic mass is 10.2. The normalized spacial score (nSPS) is 15.6. The van der Waals surface area contributed by atoms with E-state index in [9.17, 15) is 5.11 Å². The minimum Gasteiger partial charge on any atom is -0.392 e. The van der Waals surface area contributed by atoms with E-state index in [-0.39, 0.29) is 12.3 Å². The molecule has 0 unspecified atom stereocenters. The zero-order valence-electron chi connectivity index (χ0n) is 19.7. The van der Waals surface area contributed by atoms with Crippen molar-refractivity contribution in [2.45, 2.75) is 32.9 Å². The van der Waals surface area contributed by atoms with Gasteiger partial charge in [-0.05, 0) is 38.5 Å². The van der Waals surface area contributed by atoms with Crippen LogP contribution < -0.4 is 5.32 Å².